The number of aromatic nitrogens is 2. The summed E-state index contributed by atoms with van der Waals surface area (Å²) in [7, 11) is 0. The van der Waals surface area contributed by atoms with Crippen molar-refractivity contribution < 1.29 is 4.79 Å². The monoisotopic (exact) mass is 387 g/mol. The molecule has 1 aromatic heterocycles. The summed E-state index contributed by atoms with van der Waals surface area (Å²) in [5, 5.41) is 6.07. The van der Waals surface area contributed by atoms with Gasteiger partial charge < -0.3 is 15.5 Å². The molecule has 1 amide bonds. The molecule has 6 nitrogen and oxygen atoms in total. The second-order valence-electron chi connectivity index (χ2n) is 7.33. The van der Waals surface area contributed by atoms with Crippen LogP contribution in [0.25, 0.3) is 0 Å². The van der Waals surface area contributed by atoms with Crippen LogP contribution in [-0.2, 0) is 6.54 Å². The second-order valence-corrected chi connectivity index (χ2v) is 7.33. The van der Waals surface area contributed by atoms with Crippen LogP contribution in [0.5, 0.6) is 0 Å². The Bertz CT molecular complexity index is 946. The van der Waals surface area contributed by atoms with Crippen molar-refractivity contribution in [3.63, 3.8) is 0 Å². The van der Waals surface area contributed by atoms with Crippen LogP contribution in [0.1, 0.15) is 34.3 Å². The van der Waals surface area contributed by atoms with E-state index in [4.69, 9.17) is 0 Å². The Morgan fingerprint density at radius 1 is 0.966 bits per heavy atom. The van der Waals surface area contributed by atoms with Crippen molar-refractivity contribution in [2.24, 2.45) is 0 Å². The molecule has 1 saturated heterocycles. The summed E-state index contributed by atoms with van der Waals surface area (Å²) < 4.78 is 0. The van der Waals surface area contributed by atoms with Crippen LogP contribution >= 0.6 is 0 Å². The average Bonchev–Trinajstić information content (AvgIpc) is 3.29. The molecular formula is C23H25N5O. The largest absolute Gasteiger partial charge is 0.372 e. The van der Waals surface area contributed by atoms with Gasteiger partial charge in [0, 0.05) is 43.4 Å². The highest BCUT2D eigenvalue weighted by Crippen LogP contribution is 2.22. The van der Waals surface area contributed by atoms with Crippen LogP contribution in [0.2, 0.25) is 0 Å². The highest BCUT2D eigenvalue weighted by molar-refractivity contribution is 6.03. The lowest BCUT2D eigenvalue weighted by Crippen LogP contribution is -2.17. The lowest BCUT2D eigenvalue weighted by molar-refractivity contribution is 0.102. The van der Waals surface area contributed by atoms with E-state index in [0.29, 0.717) is 18.1 Å². The number of nitrogens with zero attached hydrogens (tertiary/aromatic N) is 3. The number of carbonyl (C=O) groups is 1. The first-order chi connectivity index (χ1) is 14.2. The molecule has 1 fully saturated rings. The van der Waals surface area contributed by atoms with Gasteiger partial charge in [0.15, 0.2) is 0 Å². The van der Waals surface area contributed by atoms with Crippen LogP contribution in [0.15, 0.2) is 60.9 Å². The minimum atomic E-state index is -0.219. The molecule has 0 bridgehead atoms. The van der Waals surface area contributed by atoms with E-state index in [1.807, 2.05) is 12.1 Å². The van der Waals surface area contributed by atoms with Crippen molar-refractivity contribution in [1.29, 1.82) is 0 Å². The molecule has 148 valence electrons. The van der Waals surface area contributed by atoms with Crippen LogP contribution in [0, 0.1) is 6.92 Å². The predicted molar refractivity (Wildman–Crippen MR) is 116 cm³/mol. The Morgan fingerprint density at radius 2 is 1.62 bits per heavy atom. The minimum Gasteiger partial charge on any atom is -0.372 e. The van der Waals surface area contributed by atoms with Gasteiger partial charge >= 0.3 is 0 Å². The fraction of sp³-hybridized carbons (Fsp3) is 0.261. The van der Waals surface area contributed by atoms with E-state index in [0.717, 1.165) is 24.3 Å². The highest BCUT2D eigenvalue weighted by Gasteiger charge is 2.12. The van der Waals surface area contributed by atoms with Crippen LogP contribution in [0.3, 0.4) is 0 Å². The number of aryl methyl sites for hydroxylation is 1. The average molecular weight is 387 g/mol. The number of rotatable bonds is 6. The van der Waals surface area contributed by atoms with Gasteiger partial charge in [-0.15, -0.1) is 0 Å². The molecule has 0 unspecified atom stereocenters. The summed E-state index contributed by atoms with van der Waals surface area (Å²) in [5.41, 5.74) is 4.77. The van der Waals surface area contributed by atoms with Crippen molar-refractivity contribution in [2.75, 3.05) is 28.6 Å². The Morgan fingerprint density at radius 3 is 2.28 bits per heavy atom. The molecule has 1 aliphatic rings. The van der Waals surface area contributed by atoms with Gasteiger partial charge in [-0.1, -0.05) is 29.8 Å². The number of benzene rings is 2. The molecule has 4 rings (SSSR count). The number of anilines is 3. The van der Waals surface area contributed by atoms with E-state index < -0.39 is 0 Å². The second kappa shape index (κ2) is 8.73. The van der Waals surface area contributed by atoms with Gasteiger partial charge in [0.25, 0.3) is 5.91 Å². The summed E-state index contributed by atoms with van der Waals surface area (Å²) >= 11 is 0. The first-order valence-corrected chi connectivity index (χ1v) is 9.95. The maximum atomic E-state index is 12.5. The highest BCUT2D eigenvalue weighted by atomic mass is 16.1. The number of amides is 1. The Kier molecular flexibility index (Phi) is 5.70. The summed E-state index contributed by atoms with van der Waals surface area (Å²) in [6.45, 7) is 4.90. The minimum absolute atomic E-state index is 0.219. The number of carbonyl (C=O) groups excluding carboxylic acids is 1. The van der Waals surface area contributed by atoms with Crippen molar-refractivity contribution in [2.45, 2.75) is 26.3 Å². The molecule has 2 aromatic carbocycles. The van der Waals surface area contributed by atoms with Crippen LogP contribution in [0.4, 0.5) is 17.3 Å². The molecule has 6 heteroatoms. The molecule has 2 heterocycles. The third-order valence-electron chi connectivity index (χ3n) is 5.08. The SMILES string of the molecule is Cc1ccc(CNc2ncc(C(=O)Nc3ccc(N4CCCC4)cc3)cn2)cc1. The molecule has 2 N–H and O–H groups in total. The van der Waals surface area contributed by atoms with Crippen molar-refractivity contribution in [3.05, 3.63) is 77.6 Å². The van der Waals surface area contributed by atoms with Gasteiger partial charge in [0.2, 0.25) is 5.95 Å². The molecule has 0 radical (unpaired) electrons. The van der Waals surface area contributed by atoms with E-state index in [1.54, 1.807) is 12.4 Å². The van der Waals surface area contributed by atoms with E-state index in [2.05, 4.69) is 68.8 Å². The number of hydrogen-bond acceptors (Lipinski definition) is 5. The van der Waals surface area contributed by atoms with Gasteiger partial charge in [-0.05, 0) is 49.6 Å². The van der Waals surface area contributed by atoms with E-state index >= 15 is 0 Å². The molecule has 0 saturated carbocycles. The summed E-state index contributed by atoms with van der Waals surface area (Å²) in [4.78, 5) is 23.3. The van der Waals surface area contributed by atoms with Crippen molar-refractivity contribution in [1.82, 2.24) is 9.97 Å². The zero-order chi connectivity index (χ0) is 20.1. The molecule has 0 spiro atoms. The Labute approximate surface area is 171 Å². The Hall–Kier alpha value is -3.41. The van der Waals surface area contributed by atoms with E-state index in [9.17, 15) is 4.79 Å². The number of hydrogen-bond donors (Lipinski definition) is 2. The van der Waals surface area contributed by atoms with Gasteiger partial charge in [0.05, 0.1) is 5.56 Å². The first kappa shape index (κ1) is 18.9. The summed E-state index contributed by atoms with van der Waals surface area (Å²) in [6, 6.07) is 16.3. The fourth-order valence-electron chi connectivity index (χ4n) is 3.36. The van der Waals surface area contributed by atoms with E-state index in [-0.39, 0.29) is 5.91 Å². The maximum Gasteiger partial charge on any atom is 0.258 e. The Balaban J connectivity index is 1.32. The molecule has 0 aliphatic carbocycles. The molecule has 3 aromatic rings. The summed E-state index contributed by atoms with van der Waals surface area (Å²) in [5.74, 6) is 0.279. The predicted octanol–water partition coefficient (Wildman–Crippen LogP) is 4.25. The van der Waals surface area contributed by atoms with Crippen molar-refractivity contribution >= 4 is 23.2 Å². The lowest BCUT2D eigenvalue weighted by Gasteiger charge is -2.17. The first-order valence-electron chi connectivity index (χ1n) is 9.95. The molecular weight excluding hydrogens is 362 g/mol. The molecule has 29 heavy (non-hydrogen) atoms. The topological polar surface area (TPSA) is 70.2 Å². The quantitative estimate of drug-likeness (QED) is 0.662. The van der Waals surface area contributed by atoms with Gasteiger partial charge in [-0.25, -0.2) is 9.97 Å². The zero-order valence-electron chi connectivity index (χ0n) is 16.6. The van der Waals surface area contributed by atoms with Crippen LogP contribution < -0.4 is 15.5 Å². The summed E-state index contributed by atoms with van der Waals surface area (Å²) in [6.07, 6.45) is 5.57. The third kappa shape index (κ3) is 4.90. The fourth-order valence-corrected chi connectivity index (χ4v) is 3.36. The molecule has 0 atom stereocenters. The van der Waals surface area contributed by atoms with Gasteiger partial charge in [-0.3, -0.25) is 4.79 Å². The van der Waals surface area contributed by atoms with Crippen LogP contribution in [-0.4, -0.2) is 29.0 Å². The standard InChI is InChI=1S/C23H25N5O/c1-17-4-6-18(7-5-17)14-24-23-25-15-19(16-26-23)22(29)27-20-8-10-21(11-9-20)28-12-2-3-13-28/h4-11,15-16H,2-3,12-14H2,1H3,(H,27,29)(H,24,25,26). The van der Waals surface area contributed by atoms with Gasteiger partial charge in [-0.2, -0.15) is 0 Å². The van der Waals surface area contributed by atoms with Gasteiger partial charge in [0.1, 0.15) is 0 Å². The third-order valence-corrected chi connectivity index (χ3v) is 5.08. The number of nitrogens with one attached hydrogen (secondary N) is 2. The maximum absolute atomic E-state index is 12.5. The van der Waals surface area contributed by atoms with E-state index in [1.165, 1.54) is 24.1 Å². The lowest BCUT2D eigenvalue weighted by atomic mass is 10.1. The normalized spacial score (nSPS) is 13.3. The van der Waals surface area contributed by atoms with Crippen molar-refractivity contribution in [3.8, 4) is 0 Å². The smallest absolute Gasteiger partial charge is 0.258 e. The zero-order valence-corrected chi connectivity index (χ0v) is 16.6. The molecule has 1 aliphatic heterocycles.